The first-order chi connectivity index (χ1) is 7.99. The molecule has 0 unspecified atom stereocenters. The van der Waals surface area contributed by atoms with Gasteiger partial charge in [0.25, 0.3) is 0 Å². The number of aryl methyl sites for hydroxylation is 1. The maximum absolute atomic E-state index is 10.4. The second-order valence-electron chi connectivity index (χ2n) is 3.70. The molecule has 0 atom stereocenters. The molecule has 0 radical (unpaired) electrons. The number of carboxylic acid groups (broad SMARTS) is 2. The van der Waals surface area contributed by atoms with Crippen molar-refractivity contribution in [2.45, 2.75) is 19.3 Å². The fourth-order valence-electron chi connectivity index (χ4n) is 1.31. The fourth-order valence-corrected chi connectivity index (χ4v) is 1.31. The molecule has 0 saturated carbocycles. The largest absolute Gasteiger partial charge is 0.481 e. The minimum Gasteiger partial charge on any atom is -0.481 e. The minimum atomic E-state index is -0.873. The maximum Gasteiger partial charge on any atom is 0.305 e. The SMILES string of the molecule is CN(CCC(=O)O)c1ccc(CCC(=O)O)o1. The van der Waals surface area contributed by atoms with Crippen LogP contribution in [0.3, 0.4) is 0 Å². The van der Waals surface area contributed by atoms with Crippen molar-refractivity contribution in [2.24, 2.45) is 0 Å². The van der Waals surface area contributed by atoms with E-state index in [4.69, 9.17) is 14.6 Å². The van der Waals surface area contributed by atoms with Crippen molar-refractivity contribution in [1.29, 1.82) is 0 Å². The third kappa shape index (κ3) is 4.58. The quantitative estimate of drug-likeness (QED) is 0.745. The molecular formula is C11H15NO5. The molecule has 1 rings (SSSR count). The number of carboxylic acids is 2. The van der Waals surface area contributed by atoms with E-state index in [9.17, 15) is 9.59 Å². The lowest BCUT2D eigenvalue weighted by Gasteiger charge is -2.14. The molecule has 0 amide bonds. The van der Waals surface area contributed by atoms with Crippen LogP contribution in [0.1, 0.15) is 18.6 Å². The van der Waals surface area contributed by atoms with Crippen LogP contribution in [0.25, 0.3) is 0 Å². The van der Waals surface area contributed by atoms with Crippen molar-refractivity contribution in [2.75, 3.05) is 18.5 Å². The standard InChI is InChI=1S/C11H15NO5/c1-12(7-6-11(15)16)9-4-2-8(17-9)3-5-10(13)14/h2,4H,3,5-7H2,1H3,(H,13,14)(H,15,16). The summed E-state index contributed by atoms with van der Waals surface area (Å²) in [6, 6.07) is 3.41. The molecule has 0 spiro atoms. The van der Waals surface area contributed by atoms with Crippen LogP contribution in [0.5, 0.6) is 0 Å². The molecule has 1 aromatic rings. The molecule has 1 aromatic heterocycles. The van der Waals surface area contributed by atoms with Crippen LogP contribution in [0.15, 0.2) is 16.5 Å². The number of rotatable bonds is 7. The van der Waals surface area contributed by atoms with Crippen LogP contribution in [-0.2, 0) is 16.0 Å². The van der Waals surface area contributed by atoms with E-state index in [1.807, 2.05) is 0 Å². The average molecular weight is 241 g/mol. The lowest BCUT2D eigenvalue weighted by atomic mass is 10.2. The highest BCUT2D eigenvalue weighted by Crippen LogP contribution is 2.18. The van der Waals surface area contributed by atoms with Gasteiger partial charge in [0.2, 0.25) is 0 Å². The van der Waals surface area contributed by atoms with E-state index in [0.29, 0.717) is 24.6 Å². The highest BCUT2D eigenvalue weighted by molar-refractivity contribution is 5.67. The normalized spacial score (nSPS) is 10.2. The van der Waals surface area contributed by atoms with Gasteiger partial charge in [-0.05, 0) is 6.07 Å². The molecule has 0 aliphatic rings. The molecule has 6 heteroatoms. The van der Waals surface area contributed by atoms with Crippen molar-refractivity contribution in [3.63, 3.8) is 0 Å². The first kappa shape index (κ1) is 13.1. The lowest BCUT2D eigenvalue weighted by Crippen LogP contribution is -2.20. The van der Waals surface area contributed by atoms with Gasteiger partial charge in [-0.1, -0.05) is 0 Å². The molecule has 0 bridgehead atoms. The van der Waals surface area contributed by atoms with Gasteiger partial charge in [0, 0.05) is 26.1 Å². The Morgan fingerprint density at radius 1 is 1.24 bits per heavy atom. The lowest BCUT2D eigenvalue weighted by molar-refractivity contribution is -0.137. The van der Waals surface area contributed by atoms with Crippen molar-refractivity contribution in [3.05, 3.63) is 17.9 Å². The van der Waals surface area contributed by atoms with Gasteiger partial charge >= 0.3 is 11.9 Å². The van der Waals surface area contributed by atoms with Crippen LogP contribution in [0.4, 0.5) is 5.88 Å². The zero-order valence-corrected chi connectivity index (χ0v) is 9.55. The number of aliphatic carboxylic acids is 2. The Morgan fingerprint density at radius 3 is 2.47 bits per heavy atom. The van der Waals surface area contributed by atoms with Gasteiger partial charge in [-0.3, -0.25) is 9.59 Å². The zero-order valence-electron chi connectivity index (χ0n) is 9.55. The number of carbonyl (C=O) groups is 2. The van der Waals surface area contributed by atoms with Gasteiger partial charge in [0.1, 0.15) is 5.76 Å². The zero-order chi connectivity index (χ0) is 12.8. The van der Waals surface area contributed by atoms with Gasteiger partial charge in [-0.25, -0.2) is 0 Å². The second-order valence-corrected chi connectivity index (χ2v) is 3.70. The van der Waals surface area contributed by atoms with Crippen LogP contribution < -0.4 is 4.90 Å². The molecule has 0 aromatic carbocycles. The molecular weight excluding hydrogens is 226 g/mol. The summed E-state index contributed by atoms with van der Waals surface area (Å²) in [6.45, 7) is 0.348. The van der Waals surface area contributed by atoms with E-state index < -0.39 is 11.9 Å². The van der Waals surface area contributed by atoms with Crippen LogP contribution in [0.2, 0.25) is 0 Å². The summed E-state index contributed by atoms with van der Waals surface area (Å²) in [5, 5.41) is 17.1. The number of furan rings is 1. The fraction of sp³-hybridized carbons (Fsp3) is 0.455. The molecule has 1 heterocycles. The molecule has 0 aliphatic carbocycles. The second kappa shape index (κ2) is 5.93. The Hall–Kier alpha value is -1.98. The Kier molecular flexibility index (Phi) is 4.56. The molecule has 94 valence electrons. The Labute approximate surface area is 98.5 Å². The Balaban J connectivity index is 2.48. The Bertz CT molecular complexity index is 398. The molecule has 0 aliphatic heterocycles. The predicted molar refractivity (Wildman–Crippen MR) is 60.2 cm³/mol. The number of nitrogens with zero attached hydrogens (tertiary/aromatic N) is 1. The van der Waals surface area contributed by atoms with E-state index in [1.165, 1.54) is 0 Å². The van der Waals surface area contributed by atoms with E-state index in [1.54, 1.807) is 24.1 Å². The minimum absolute atomic E-state index is 0.0196. The summed E-state index contributed by atoms with van der Waals surface area (Å²) in [5.41, 5.74) is 0. The predicted octanol–water partition coefficient (Wildman–Crippen LogP) is 1.21. The van der Waals surface area contributed by atoms with Crippen LogP contribution in [0, 0.1) is 0 Å². The highest BCUT2D eigenvalue weighted by atomic mass is 16.4. The number of hydrogen-bond donors (Lipinski definition) is 2. The van der Waals surface area contributed by atoms with Crippen molar-refractivity contribution >= 4 is 17.8 Å². The average Bonchev–Trinajstić information content (AvgIpc) is 2.71. The molecule has 6 nitrogen and oxygen atoms in total. The van der Waals surface area contributed by atoms with Crippen molar-refractivity contribution in [3.8, 4) is 0 Å². The summed E-state index contributed by atoms with van der Waals surface area (Å²) in [7, 11) is 1.72. The highest BCUT2D eigenvalue weighted by Gasteiger charge is 2.09. The molecule has 0 saturated heterocycles. The summed E-state index contributed by atoms with van der Waals surface area (Å²) in [5.74, 6) is -0.604. The van der Waals surface area contributed by atoms with Crippen LogP contribution >= 0.6 is 0 Å². The first-order valence-corrected chi connectivity index (χ1v) is 5.22. The smallest absolute Gasteiger partial charge is 0.305 e. The maximum atomic E-state index is 10.4. The molecule has 17 heavy (non-hydrogen) atoms. The van der Waals surface area contributed by atoms with E-state index in [0.717, 1.165) is 0 Å². The Morgan fingerprint density at radius 2 is 1.88 bits per heavy atom. The van der Waals surface area contributed by atoms with E-state index >= 15 is 0 Å². The first-order valence-electron chi connectivity index (χ1n) is 5.22. The summed E-state index contributed by atoms with van der Waals surface area (Å²) in [6.07, 6.45) is 0.384. The van der Waals surface area contributed by atoms with Gasteiger partial charge in [-0.15, -0.1) is 0 Å². The summed E-state index contributed by atoms with van der Waals surface area (Å²) < 4.78 is 5.40. The van der Waals surface area contributed by atoms with Gasteiger partial charge in [-0.2, -0.15) is 0 Å². The monoisotopic (exact) mass is 241 g/mol. The summed E-state index contributed by atoms with van der Waals surface area (Å²) >= 11 is 0. The number of hydrogen-bond acceptors (Lipinski definition) is 4. The van der Waals surface area contributed by atoms with Crippen LogP contribution in [-0.4, -0.2) is 35.7 Å². The topological polar surface area (TPSA) is 91.0 Å². The summed E-state index contributed by atoms with van der Waals surface area (Å²) in [4.78, 5) is 22.4. The van der Waals surface area contributed by atoms with Gasteiger partial charge in [0.05, 0.1) is 12.8 Å². The van der Waals surface area contributed by atoms with E-state index in [2.05, 4.69) is 0 Å². The van der Waals surface area contributed by atoms with Crippen molar-refractivity contribution in [1.82, 2.24) is 0 Å². The molecule has 0 fully saturated rings. The number of anilines is 1. The third-order valence-corrected chi connectivity index (χ3v) is 2.27. The third-order valence-electron chi connectivity index (χ3n) is 2.27. The van der Waals surface area contributed by atoms with E-state index in [-0.39, 0.29) is 12.8 Å². The van der Waals surface area contributed by atoms with Gasteiger partial charge < -0.3 is 19.5 Å². The molecule has 2 N–H and O–H groups in total. The van der Waals surface area contributed by atoms with Gasteiger partial charge in [0.15, 0.2) is 5.88 Å². The van der Waals surface area contributed by atoms with Crippen molar-refractivity contribution < 1.29 is 24.2 Å².